The van der Waals surface area contributed by atoms with Crippen molar-refractivity contribution in [3.8, 4) is 0 Å². The number of aryl methyl sites for hydroxylation is 1. The fourth-order valence-corrected chi connectivity index (χ4v) is 6.24. The number of aromatic nitrogens is 5. The lowest BCUT2D eigenvalue weighted by atomic mass is 9.92. The Kier molecular flexibility index (Phi) is 6.35. The van der Waals surface area contributed by atoms with Crippen molar-refractivity contribution in [2.45, 2.75) is 31.2 Å². The van der Waals surface area contributed by atoms with Gasteiger partial charge >= 0.3 is 6.03 Å². The van der Waals surface area contributed by atoms with E-state index in [4.69, 9.17) is 0 Å². The summed E-state index contributed by atoms with van der Waals surface area (Å²) in [5.41, 5.74) is 2.85. The number of likely N-dealkylation sites (N-methyl/N-ethyl adjacent to an activating group) is 1. The first-order chi connectivity index (χ1) is 17.3. The van der Waals surface area contributed by atoms with E-state index < -0.39 is 10.0 Å². The largest absolute Gasteiger partial charge is 0.354 e. The summed E-state index contributed by atoms with van der Waals surface area (Å²) >= 11 is 1.26. The fraction of sp³-hybridized carbons (Fsp3) is 0.348. The summed E-state index contributed by atoms with van der Waals surface area (Å²) in [6.07, 6.45) is 3.70. The van der Waals surface area contributed by atoms with Crippen LogP contribution in [0.2, 0.25) is 0 Å². The molecule has 2 amide bonds. The predicted octanol–water partition coefficient (Wildman–Crippen LogP) is 3.21. The Morgan fingerprint density at radius 2 is 1.97 bits per heavy atom. The molecule has 1 fully saturated rings. The maximum absolute atomic E-state index is 13.3. The number of nitrogens with zero attached hydrogens (tertiary/aromatic N) is 7. The number of carbonyl (C=O) groups excluding carboxylic acids is 1. The van der Waals surface area contributed by atoms with E-state index in [2.05, 4.69) is 32.4 Å². The van der Waals surface area contributed by atoms with Crippen molar-refractivity contribution in [3.05, 3.63) is 53.9 Å². The molecule has 1 saturated heterocycles. The standard InChI is InChI=1S/C23H26N8O3S2/c1-15-4-6-17(7-5-15)36(33,34)31-11-9-18-20(24-13-25-21(18)31)29(3)19-12-30(10-8-16(19)2)23(32)27-22-28-26-14-35-22/h4-7,9,11,13-14,16,19H,8,10,12H2,1-3H3,(H,27,28,32)/t16-,19+/m1/s1. The molecule has 0 spiro atoms. The lowest BCUT2D eigenvalue weighted by molar-refractivity contribution is 0.172. The molecule has 0 unspecified atom stereocenters. The summed E-state index contributed by atoms with van der Waals surface area (Å²) in [7, 11) is -1.91. The molecule has 4 heterocycles. The van der Waals surface area contributed by atoms with Crippen LogP contribution in [0.1, 0.15) is 18.9 Å². The molecular weight excluding hydrogens is 500 g/mol. The highest BCUT2D eigenvalue weighted by Crippen LogP contribution is 2.31. The van der Waals surface area contributed by atoms with Gasteiger partial charge in [-0.3, -0.25) is 5.32 Å². The van der Waals surface area contributed by atoms with E-state index in [0.717, 1.165) is 12.0 Å². The first kappa shape index (κ1) is 24.1. The van der Waals surface area contributed by atoms with E-state index in [1.807, 2.05) is 18.9 Å². The van der Waals surface area contributed by atoms with Crippen LogP contribution in [-0.2, 0) is 10.0 Å². The summed E-state index contributed by atoms with van der Waals surface area (Å²) in [5.74, 6) is 0.894. The molecule has 1 aliphatic rings. The number of carbonyl (C=O) groups is 1. The number of nitrogens with one attached hydrogen (secondary N) is 1. The van der Waals surface area contributed by atoms with E-state index in [9.17, 15) is 13.2 Å². The lowest BCUT2D eigenvalue weighted by Crippen LogP contribution is -2.53. The van der Waals surface area contributed by atoms with Crippen molar-refractivity contribution >= 4 is 49.4 Å². The van der Waals surface area contributed by atoms with E-state index in [0.29, 0.717) is 35.1 Å². The van der Waals surface area contributed by atoms with Gasteiger partial charge in [-0.05, 0) is 37.5 Å². The highest BCUT2D eigenvalue weighted by Gasteiger charge is 2.33. The van der Waals surface area contributed by atoms with Gasteiger partial charge in [0.1, 0.15) is 17.7 Å². The van der Waals surface area contributed by atoms with Crippen molar-refractivity contribution < 1.29 is 13.2 Å². The second-order valence-electron chi connectivity index (χ2n) is 8.93. The summed E-state index contributed by atoms with van der Waals surface area (Å²) < 4.78 is 27.9. The first-order valence-electron chi connectivity index (χ1n) is 11.4. The third-order valence-electron chi connectivity index (χ3n) is 6.62. The van der Waals surface area contributed by atoms with Crippen LogP contribution in [0.15, 0.2) is 53.3 Å². The minimum absolute atomic E-state index is 0.0333. The van der Waals surface area contributed by atoms with Crippen molar-refractivity contribution in [1.29, 1.82) is 0 Å². The molecule has 0 aliphatic carbocycles. The highest BCUT2D eigenvalue weighted by atomic mass is 32.2. The van der Waals surface area contributed by atoms with Gasteiger partial charge < -0.3 is 9.80 Å². The minimum atomic E-state index is -3.83. The Hall–Kier alpha value is -3.58. The fourth-order valence-electron chi connectivity index (χ4n) is 4.51. The molecule has 1 N–H and O–H groups in total. The zero-order valence-electron chi connectivity index (χ0n) is 20.1. The van der Waals surface area contributed by atoms with Crippen LogP contribution < -0.4 is 10.2 Å². The number of anilines is 2. The Balaban J connectivity index is 1.43. The SMILES string of the molecule is Cc1ccc(S(=O)(=O)n2ccc3c(N(C)[C@H]4CN(C(=O)Nc5nncs5)CC[C@H]4C)ncnc32)cc1. The Bertz CT molecular complexity index is 1490. The van der Waals surface area contributed by atoms with E-state index in [1.54, 1.807) is 40.7 Å². The predicted molar refractivity (Wildman–Crippen MR) is 138 cm³/mol. The monoisotopic (exact) mass is 526 g/mol. The Morgan fingerprint density at radius 1 is 1.19 bits per heavy atom. The molecule has 0 bridgehead atoms. The Labute approximate surface area is 212 Å². The summed E-state index contributed by atoms with van der Waals surface area (Å²) in [6.45, 7) is 5.16. The normalized spacial score (nSPS) is 18.4. The van der Waals surface area contributed by atoms with Gasteiger partial charge in [-0.1, -0.05) is 36.0 Å². The topological polar surface area (TPSA) is 126 Å². The van der Waals surface area contributed by atoms with Crippen molar-refractivity contribution in [2.24, 2.45) is 5.92 Å². The van der Waals surface area contributed by atoms with Crippen LogP contribution in [0.3, 0.4) is 0 Å². The molecule has 188 valence electrons. The van der Waals surface area contributed by atoms with Crippen LogP contribution in [0.25, 0.3) is 11.0 Å². The number of amides is 2. The van der Waals surface area contributed by atoms with Gasteiger partial charge in [0.25, 0.3) is 10.0 Å². The minimum Gasteiger partial charge on any atom is -0.354 e. The average molecular weight is 527 g/mol. The summed E-state index contributed by atoms with van der Waals surface area (Å²) in [6, 6.07) is 8.19. The number of piperidine rings is 1. The third-order valence-corrected chi connectivity index (χ3v) is 8.90. The van der Waals surface area contributed by atoms with Gasteiger partial charge in [-0.25, -0.2) is 27.2 Å². The maximum atomic E-state index is 13.3. The summed E-state index contributed by atoms with van der Waals surface area (Å²) in [4.78, 5) is 25.6. The second-order valence-corrected chi connectivity index (χ2v) is 11.6. The quantitative estimate of drug-likeness (QED) is 0.420. The molecule has 5 rings (SSSR count). The second kappa shape index (κ2) is 9.47. The van der Waals surface area contributed by atoms with Gasteiger partial charge in [0.2, 0.25) is 5.13 Å². The number of benzene rings is 1. The zero-order valence-corrected chi connectivity index (χ0v) is 21.7. The average Bonchev–Trinajstić information content (AvgIpc) is 3.54. The highest BCUT2D eigenvalue weighted by molar-refractivity contribution is 7.90. The molecule has 1 aromatic carbocycles. The number of hydrogen-bond acceptors (Lipinski definition) is 9. The molecule has 4 aromatic rings. The van der Waals surface area contributed by atoms with Crippen LogP contribution in [0, 0.1) is 12.8 Å². The molecule has 3 aromatic heterocycles. The molecule has 2 atom stereocenters. The van der Waals surface area contributed by atoms with Crippen LogP contribution >= 0.6 is 11.3 Å². The zero-order chi connectivity index (χ0) is 25.4. The van der Waals surface area contributed by atoms with Crippen LogP contribution in [0.5, 0.6) is 0 Å². The number of urea groups is 1. The van der Waals surface area contributed by atoms with Crippen molar-refractivity contribution in [1.82, 2.24) is 29.0 Å². The number of likely N-dealkylation sites (tertiary alicyclic amines) is 1. The molecule has 1 aliphatic heterocycles. The smallest absolute Gasteiger partial charge is 0.323 e. The molecular formula is C23H26N8O3S2. The maximum Gasteiger partial charge on any atom is 0.323 e. The molecule has 11 nitrogen and oxygen atoms in total. The number of rotatable bonds is 5. The van der Waals surface area contributed by atoms with E-state index in [1.165, 1.54) is 27.8 Å². The van der Waals surface area contributed by atoms with Gasteiger partial charge in [0.15, 0.2) is 5.65 Å². The lowest BCUT2D eigenvalue weighted by Gasteiger charge is -2.42. The van der Waals surface area contributed by atoms with Gasteiger partial charge in [0.05, 0.1) is 16.3 Å². The molecule has 36 heavy (non-hydrogen) atoms. The number of hydrogen-bond donors (Lipinski definition) is 1. The van der Waals surface area contributed by atoms with Gasteiger partial charge in [-0.15, -0.1) is 10.2 Å². The van der Waals surface area contributed by atoms with Gasteiger partial charge in [-0.2, -0.15) is 0 Å². The Morgan fingerprint density at radius 3 is 2.69 bits per heavy atom. The van der Waals surface area contributed by atoms with E-state index >= 15 is 0 Å². The third kappa shape index (κ3) is 4.39. The van der Waals surface area contributed by atoms with Gasteiger partial charge in [0, 0.05) is 26.3 Å². The first-order valence-corrected chi connectivity index (χ1v) is 13.8. The molecule has 13 heteroatoms. The molecule has 0 saturated carbocycles. The van der Waals surface area contributed by atoms with Crippen LogP contribution in [0.4, 0.5) is 15.7 Å². The number of fused-ring (bicyclic) bond motifs is 1. The summed E-state index contributed by atoms with van der Waals surface area (Å²) in [5, 5.41) is 11.5. The van der Waals surface area contributed by atoms with Crippen LogP contribution in [-0.4, -0.2) is 69.7 Å². The molecule has 0 radical (unpaired) electrons. The van der Waals surface area contributed by atoms with Crippen molar-refractivity contribution in [3.63, 3.8) is 0 Å². The van der Waals surface area contributed by atoms with E-state index in [-0.39, 0.29) is 22.9 Å². The van der Waals surface area contributed by atoms with Crippen molar-refractivity contribution in [2.75, 3.05) is 30.4 Å².